The molecule has 0 saturated heterocycles. The standard InChI is InChI=1S/C14H16F6N2O2/c1-3-11(12(23)24)22(7-13(15,16)17)8-4-5-10(21-2)9(6-8)14(18,19)20/h4-6,11,21H,3,7H2,1-2H3,(H,23,24). The summed E-state index contributed by atoms with van der Waals surface area (Å²) in [6, 6.07) is 0.908. The number of halogens is 6. The summed E-state index contributed by atoms with van der Waals surface area (Å²) in [4.78, 5) is 11.6. The number of nitrogens with zero attached hydrogens (tertiary/aromatic N) is 1. The lowest BCUT2D eigenvalue weighted by Gasteiger charge is -2.32. The monoisotopic (exact) mass is 358 g/mol. The van der Waals surface area contributed by atoms with Gasteiger partial charge in [0, 0.05) is 18.4 Å². The fraction of sp³-hybridized carbons (Fsp3) is 0.500. The molecule has 0 bridgehead atoms. The lowest BCUT2D eigenvalue weighted by Crippen LogP contribution is -2.46. The van der Waals surface area contributed by atoms with Crippen LogP contribution in [0.5, 0.6) is 0 Å². The molecule has 0 saturated carbocycles. The second-order valence-electron chi connectivity index (χ2n) is 4.98. The molecule has 0 radical (unpaired) electrons. The first kappa shape index (κ1) is 19.9. The van der Waals surface area contributed by atoms with E-state index in [1.54, 1.807) is 0 Å². The zero-order valence-electron chi connectivity index (χ0n) is 12.8. The first-order valence-corrected chi connectivity index (χ1v) is 6.86. The lowest BCUT2D eigenvalue weighted by molar-refractivity contribution is -0.140. The quantitative estimate of drug-likeness (QED) is 0.756. The second-order valence-corrected chi connectivity index (χ2v) is 4.98. The average molecular weight is 358 g/mol. The van der Waals surface area contributed by atoms with Crippen LogP contribution in [0, 0.1) is 0 Å². The minimum Gasteiger partial charge on any atom is -0.480 e. The molecular weight excluding hydrogens is 342 g/mol. The molecule has 0 aromatic heterocycles. The fourth-order valence-corrected chi connectivity index (χ4v) is 2.27. The van der Waals surface area contributed by atoms with Gasteiger partial charge in [-0.1, -0.05) is 6.92 Å². The van der Waals surface area contributed by atoms with Crippen LogP contribution in [0.1, 0.15) is 18.9 Å². The van der Waals surface area contributed by atoms with Crippen molar-refractivity contribution < 1.29 is 36.2 Å². The van der Waals surface area contributed by atoms with Gasteiger partial charge < -0.3 is 15.3 Å². The van der Waals surface area contributed by atoms with Crippen LogP contribution in [0.2, 0.25) is 0 Å². The van der Waals surface area contributed by atoms with E-state index in [2.05, 4.69) is 5.32 Å². The van der Waals surface area contributed by atoms with Crippen LogP contribution in [0.4, 0.5) is 37.7 Å². The number of carboxylic acid groups (broad SMARTS) is 1. The summed E-state index contributed by atoms with van der Waals surface area (Å²) < 4.78 is 77.5. The number of carboxylic acids is 1. The Morgan fingerprint density at radius 2 is 1.83 bits per heavy atom. The number of hydrogen-bond donors (Lipinski definition) is 2. The summed E-state index contributed by atoms with van der Waals surface area (Å²) in [5.74, 6) is -1.55. The van der Waals surface area contributed by atoms with Crippen molar-refractivity contribution >= 4 is 17.3 Å². The molecule has 24 heavy (non-hydrogen) atoms. The van der Waals surface area contributed by atoms with Crippen molar-refractivity contribution in [2.75, 3.05) is 23.8 Å². The molecule has 1 unspecified atom stereocenters. The van der Waals surface area contributed by atoms with Gasteiger partial charge in [0.05, 0.1) is 5.56 Å². The molecule has 0 fully saturated rings. The number of hydrogen-bond acceptors (Lipinski definition) is 3. The van der Waals surface area contributed by atoms with Crippen molar-refractivity contribution in [2.24, 2.45) is 0 Å². The summed E-state index contributed by atoms with van der Waals surface area (Å²) in [6.45, 7) is -0.331. The normalized spacial score (nSPS) is 13.5. The maximum Gasteiger partial charge on any atom is 0.418 e. The molecule has 4 nitrogen and oxygen atoms in total. The van der Waals surface area contributed by atoms with Crippen LogP contribution in [-0.2, 0) is 11.0 Å². The highest BCUT2D eigenvalue weighted by Gasteiger charge is 2.38. The minimum atomic E-state index is -4.80. The molecule has 0 aliphatic rings. The van der Waals surface area contributed by atoms with Crippen molar-refractivity contribution in [3.63, 3.8) is 0 Å². The van der Waals surface area contributed by atoms with Gasteiger partial charge in [0.1, 0.15) is 12.6 Å². The highest BCUT2D eigenvalue weighted by molar-refractivity contribution is 5.78. The van der Waals surface area contributed by atoms with Crippen LogP contribution in [0.15, 0.2) is 18.2 Å². The van der Waals surface area contributed by atoms with E-state index < -0.39 is 42.2 Å². The van der Waals surface area contributed by atoms with Crippen LogP contribution >= 0.6 is 0 Å². The fourth-order valence-electron chi connectivity index (χ4n) is 2.27. The summed E-state index contributed by atoms with van der Waals surface area (Å²) in [6.07, 6.45) is -9.79. The average Bonchev–Trinajstić information content (AvgIpc) is 2.43. The van der Waals surface area contributed by atoms with Gasteiger partial charge in [-0.3, -0.25) is 0 Å². The van der Waals surface area contributed by atoms with E-state index in [4.69, 9.17) is 5.11 Å². The van der Waals surface area contributed by atoms with E-state index in [9.17, 15) is 31.1 Å². The molecule has 136 valence electrons. The maximum atomic E-state index is 13.1. The second kappa shape index (κ2) is 7.18. The predicted octanol–water partition coefficient (Wildman–Crippen LogP) is 3.98. The molecule has 2 N–H and O–H groups in total. The zero-order valence-corrected chi connectivity index (χ0v) is 12.8. The number of aliphatic carboxylic acids is 1. The Bertz CT molecular complexity index is 586. The lowest BCUT2D eigenvalue weighted by atomic mass is 10.1. The molecule has 1 aromatic rings. The topological polar surface area (TPSA) is 52.6 Å². The highest BCUT2D eigenvalue weighted by Crippen LogP contribution is 2.38. The largest absolute Gasteiger partial charge is 0.480 e. The van der Waals surface area contributed by atoms with E-state index >= 15 is 0 Å². The zero-order chi connectivity index (χ0) is 18.7. The van der Waals surface area contributed by atoms with Crippen molar-refractivity contribution in [3.05, 3.63) is 23.8 Å². The number of alkyl halides is 6. The number of nitrogens with one attached hydrogen (secondary N) is 1. The molecule has 0 spiro atoms. The molecule has 0 aliphatic heterocycles. The summed E-state index contributed by atoms with van der Waals surface area (Å²) >= 11 is 0. The van der Waals surface area contributed by atoms with Gasteiger partial charge in [0.25, 0.3) is 0 Å². The van der Waals surface area contributed by atoms with Crippen molar-refractivity contribution in [1.29, 1.82) is 0 Å². The van der Waals surface area contributed by atoms with E-state index in [1.165, 1.54) is 14.0 Å². The number of benzene rings is 1. The highest BCUT2D eigenvalue weighted by atomic mass is 19.4. The molecule has 10 heteroatoms. The molecule has 0 amide bonds. The molecule has 0 heterocycles. The van der Waals surface area contributed by atoms with Crippen LogP contribution < -0.4 is 10.2 Å². The first-order valence-electron chi connectivity index (χ1n) is 6.86. The third kappa shape index (κ3) is 4.93. The van der Waals surface area contributed by atoms with Gasteiger partial charge >= 0.3 is 18.3 Å². The van der Waals surface area contributed by atoms with Crippen molar-refractivity contribution in [1.82, 2.24) is 0 Å². The Morgan fingerprint density at radius 1 is 1.25 bits per heavy atom. The number of anilines is 2. The van der Waals surface area contributed by atoms with Gasteiger partial charge in [-0.25, -0.2) is 4.79 Å². The molecule has 1 atom stereocenters. The van der Waals surface area contributed by atoms with Crippen molar-refractivity contribution in [2.45, 2.75) is 31.7 Å². The minimum absolute atomic E-state index is 0.208. The summed E-state index contributed by atoms with van der Waals surface area (Å²) in [7, 11) is 1.24. The Labute approximate surface area is 134 Å². The summed E-state index contributed by atoms with van der Waals surface area (Å²) in [5, 5.41) is 11.4. The van der Waals surface area contributed by atoms with Gasteiger partial charge in [0.15, 0.2) is 0 Å². The maximum absolute atomic E-state index is 13.1. The van der Waals surface area contributed by atoms with Crippen molar-refractivity contribution in [3.8, 4) is 0 Å². The molecule has 1 rings (SSSR count). The Morgan fingerprint density at radius 3 is 2.21 bits per heavy atom. The van der Waals surface area contributed by atoms with E-state index in [0.717, 1.165) is 12.1 Å². The predicted molar refractivity (Wildman–Crippen MR) is 76.1 cm³/mol. The van der Waals surface area contributed by atoms with Gasteiger partial charge in [-0.15, -0.1) is 0 Å². The van der Waals surface area contributed by atoms with E-state index in [-0.39, 0.29) is 12.1 Å². The molecular formula is C14H16F6N2O2. The van der Waals surface area contributed by atoms with Crippen LogP contribution in [0.25, 0.3) is 0 Å². The number of carbonyl (C=O) groups is 1. The molecule has 0 aliphatic carbocycles. The number of rotatable bonds is 6. The van der Waals surface area contributed by atoms with Crippen LogP contribution in [-0.4, -0.2) is 36.9 Å². The van der Waals surface area contributed by atoms with Gasteiger partial charge in [0.2, 0.25) is 0 Å². The third-order valence-corrected chi connectivity index (χ3v) is 3.31. The van der Waals surface area contributed by atoms with E-state index in [1.807, 2.05) is 0 Å². The van der Waals surface area contributed by atoms with Gasteiger partial charge in [-0.2, -0.15) is 26.3 Å². The van der Waals surface area contributed by atoms with Crippen LogP contribution in [0.3, 0.4) is 0 Å². The molecule has 1 aromatic carbocycles. The Hall–Kier alpha value is -2.13. The Balaban J connectivity index is 3.45. The first-order chi connectivity index (χ1) is 10.9. The van der Waals surface area contributed by atoms with E-state index in [0.29, 0.717) is 11.0 Å². The smallest absolute Gasteiger partial charge is 0.418 e. The third-order valence-electron chi connectivity index (χ3n) is 3.31. The SMILES string of the molecule is CCC(C(=O)O)N(CC(F)(F)F)c1ccc(NC)c(C(F)(F)F)c1. The Kier molecular flexibility index (Phi) is 5.96. The summed E-state index contributed by atoms with van der Waals surface area (Å²) in [5.41, 5.74) is -1.95. The van der Waals surface area contributed by atoms with Gasteiger partial charge in [-0.05, 0) is 24.6 Å².